The molecular formula is C11H11F2N3. The van der Waals surface area contributed by atoms with E-state index in [2.05, 4.69) is 10.4 Å². The maximum Gasteiger partial charge on any atom is 0.161 e. The molecule has 0 fully saturated rings. The van der Waals surface area contributed by atoms with Crippen molar-refractivity contribution in [2.75, 3.05) is 5.43 Å². The lowest BCUT2D eigenvalue weighted by Gasteiger charge is -2.08. The second-order valence-electron chi connectivity index (χ2n) is 3.45. The van der Waals surface area contributed by atoms with Crippen molar-refractivity contribution in [1.82, 2.24) is 4.98 Å². The first kappa shape index (κ1) is 10.8. The maximum atomic E-state index is 13.0. The van der Waals surface area contributed by atoms with Crippen molar-refractivity contribution in [2.24, 2.45) is 5.84 Å². The molecule has 2 aromatic rings. The van der Waals surface area contributed by atoms with Crippen molar-refractivity contribution in [2.45, 2.75) is 13.3 Å². The number of pyridine rings is 1. The second kappa shape index (κ2) is 4.02. The molecule has 3 nitrogen and oxygen atoms in total. The number of hydrazine groups is 1. The van der Waals surface area contributed by atoms with Crippen LogP contribution in [0.1, 0.15) is 12.5 Å². The molecule has 0 saturated heterocycles. The van der Waals surface area contributed by atoms with Gasteiger partial charge in [0.1, 0.15) is 5.82 Å². The fourth-order valence-electron chi connectivity index (χ4n) is 1.61. The van der Waals surface area contributed by atoms with E-state index in [1.807, 2.05) is 6.92 Å². The first-order chi connectivity index (χ1) is 7.65. The molecule has 1 aromatic heterocycles. The van der Waals surface area contributed by atoms with Crippen LogP contribution in [0.4, 0.5) is 14.6 Å². The molecule has 84 valence electrons. The highest BCUT2D eigenvalue weighted by molar-refractivity contribution is 5.81. The van der Waals surface area contributed by atoms with Crippen LogP contribution in [0.5, 0.6) is 0 Å². The first-order valence-corrected chi connectivity index (χ1v) is 4.91. The Labute approximate surface area is 91.3 Å². The Morgan fingerprint density at radius 3 is 2.56 bits per heavy atom. The summed E-state index contributed by atoms with van der Waals surface area (Å²) in [6.07, 6.45) is 0.710. The SMILES string of the molecule is CCc1cc2cc(F)c(F)cc2nc1NN. The van der Waals surface area contributed by atoms with Gasteiger partial charge in [-0.2, -0.15) is 0 Å². The summed E-state index contributed by atoms with van der Waals surface area (Å²) < 4.78 is 26.0. The van der Waals surface area contributed by atoms with Gasteiger partial charge in [0.15, 0.2) is 11.6 Å². The molecule has 0 atom stereocenters. The molecule has 0 radical (unpaired) electrons. The van der Waals surface area contributed by atoms with E-state index in [1.54, 1.807) is 6.07 Å². The summed E-state index contributed by atoms with van der Waals surface area (Å²) in [5.41, 5.74) is 3.69. The number of hydrogen-bond donors (Lipinski definition) is 2. The van der Waals surface area contributed by atoms with Gasteiger partial charge in [-0.15, -0.1) is 0 Å². The molecule has 0 aliphatic carbocycles. The van der Waals surface area contributed by atoms with Crippen molar-refractivity contribution in [3.63, 3.8) is 0 Å². The van der Waals surface area contributed by atoms with Gasteiger partial charge in [-0.1, -0.05) is 6.92 Å². The number of benzene rings is 1. The molecule has 2 rings (SSSR count). The molecule has 0 unspecified atom stereocenters. The van der Waals surface area contributed by atoms with Gasteiger partial charge in [0, 0.05) is 11.5 Å². The Hall–Kier alpha value is -1.75. The molecule has 0 amide bonds. The summed E-state index contributed by atoms with van der Waals surface area (Å²) in [4.78, 5) is 4.12. The summed E-state index contributed by atoms with van der Waals surface area (Å²) in [5, 5.41) is 0.565. The third kappa shape index (κ3) is 1.69. The number of nitrogens with one attached hydrogen (secondary N) is 1. The number of rotatable bonds is 2. The topological polar surface area (TPSA) is 50.9 Å². The molecule has 0 aliphatic heterocycles. The van der Waals surface area contributed by atoms with Crippen molar-refractivity contribution in [3.05, 3.63) is 35.4 Å². The summed E-state index contributed by atoms with van der Waals surface area (Å²) in [5.74, 6) is 4.01. The van der Waals surface area contributed by atoms with Crippen LogP contribution in [0, 0.1) is 11.6 Å². The third-order valence-electron chi connectivity index (χ3n) is 2.45. The maximum absolute atomic E-state index is 13.0. The molecule has 5 heteroatoms. The Morgan fingerprint density at radius 2 is 1.94 bits per heavy atom. The van der Waals surface area contributed by atoms with Crippen molar-refractivity contribution >= 4 is 16.7 Å². The number of halogens is 2. The van der Waals surface area contributed by atoms with Crippen LogP contribution in [0.15, 0.2) is 18.2 Å². The number of aromatic nitrogens is 1. The van der Waals surface area contributed by atoms with Gasteiger partial charge in [0.25, 0.3) is 0 Å². The van der Waals surface area contributed by atoms with E-state index in [0.29, 0.717) is 23.1 Å². The van der Waals surface area contributed by atoms with Gasteiger partial charge in [0.2, 0.25) is 0 Å². The highest BCUT2D eigenvalue weighted by atomic mass is 19.2. The fourth-order valence-corrected chi connectivity index (χ4v) is 1.61. The lowest BCUT2D eigenvalue weighted by Crippen LogP contribution is -2.11. The van der Waals surface area contributed by atoms with Gasteiger partial charge in [0.05, 0.1) is 5.52 Å². The molecule has 1 aromatic carbocycles. The van der Waals surface area contributed by atoms with Gasteiger partial charge < -0.3 is 5.43 Å². The number of fused-ring (bicyclic) bond motifs is 1. The lowest BCUT2D eigenvalue weighted by atomic mass is 10.1. The Balaban J connectivity index is 2.73. The minimum absolute atomic E-state index is 0.379. The van der Waals surface area contributed by atoms with E-state index < -0.39 is 11.6 Å². The van der Waals surface area contributed by atoms with Crippen LogP contribution in [-0.2, 0) is 6.42 Å². The van der Waals surface area contributed by atoms with Crippen molar-refractivity contribution < 1.29 is 8.78 Å². The van der Waals surface area contributed by atoms with Crippen molar-refractivity contribution in [1.29, 1.82) is 0 Å². The summed E-state index contributed by atoms with van der Waals surface area (Å²) in [6, 6.07) is 3.95. The normalized spacial score (nSPS) is 10.8. The van der Waals surface area contributed by atoms with E-state index in [0.717, 1.165) is 17.7 Å². The number of nitrogens with zero attached hydrogens (tertiary/aromatic N) is 1. The Morgan fingerprint density at radius 1 is 1.25 bits per heavy atom. The fraction of sp³-hybridized carbons (Fsp3) is 0.182. The van der Waals surface area contributed by atoms with E-state index in [-0.39, 0.29) is 0 Å². The predicted octanol–water partition coefficient (Wildman–Crippen LogP) is 2.36. The Kier molecular flexibility index (Phi) is 2.70. The minimum atomic E-state index is -0.910. The van der Waals surface area contributed by atoms with Crippen LogP contribution in [0.2, 0.25) is 0 Å². The molecule has 16 heavy (non-hydrogen) atoms. The molecule has 0 aliphatic rings. The van der Waals surface area contributed by atoms with Gasteiger partial charge in [-0.3, -0.25) is 0 Å². The molecule has 1 heterocycles. The molecule has 3 N–H and O–H groups in total. The highest BCUT2D eigenvalue weighted by Crippen LogP contribution is 2.22. The van der Waals surface area contributed by atoms with Crippen LogP contribution >= 0.6 is 0 Å². The van der Waals surface area contributed by atoms with E-state index in [4.69, 9.17) is 5.84 Å². The van der Waals surface area contributed by atoms with Crippen LogP contribution in [0.3, 0.4) is 0 Å². The van der Waals surface area contributed by atoms with Gasteiger partial charge in [-0.25, -0.2) is 19.6 Å². The standard InChI is InChI=1S/C11H11F2N3/c1-2-6-3-7-4-8(12)9(13)5-10(7)15-11(6)16-14/h3-5H,2,14H2,1H3,(H,15,16). The average Bonchev–Trinajstić information content (AvgIpc) is 2.29. The number of anilines is 1. The molecule has 0 spiro atoms. The highest BCUT2D eigenvalue weighted by Gasteiger charge is 2.08. The monoisotopic (exact) mass is 223 g/mol. The van der Waals surface area contributed by atoms with Gasteiger partial charge >= 0.3 is 0 Å². The summed E-state index contributed by atoms with van der Waals surface area (Å²) >= 11 is 0. The first-order valence-electron chi connectivity index (χ1n) is 4.91. The second-order valence-corrected chi connectivity index (χ2v) is 3.45. The average molecular weight is 223 g/mol. The minimum Gasteiger partial charge on any atom is -0.308 e. The zero-order valence-electron chi connectivity index (χ0n) is 8.72. The molecular weight excluding hydrogens is 212 g/mol. The zero-order valence-corrected chi connectivity index (χ0v) is 8.72. The summed E-state index contributed by atoms with van der Waals surface area (Å²) in [6.45, 7) is 1.93. The number of aryl methyl sites for hydroxylation is 1. The van der Waals surface area contributed by atoms with E-state index in [9.17, 15) is 8.78 Å². The largest absolute Gasteiger partial charge is 0.308 e. The smallest absolute Gasteiger partial charge is 0.161 e. The number of nitrogens with two attached hydrogens (primary N) is 1. The van der Waals surface area contributed by atoms with Crippen molar-refractivity contribution in [3.8, 4) is 0 Å². The number of nitrogen functional groups attached to an aromatic ring is 1. The Bertz CT molecular complexity index is 492. The zero-order chi connectivity index (χ0) is 11.7. The van der Waals surface area contributed by atoms with E-state index in [1.165, 1.54) is 0 Å². The number of hydrogen-bond acceptors (Lipinski definition) is 3. The van der Waals surface area contributed by atoms with Crippen LogP contribution in [0.25, 0.3) is 10.9 Å². The van der Waals surface area contributed by atoms with E-state index >= 15 is 0 Å². The third-order valence-corrected chi connectivity index (χ3v) is 2.45. The summed E-state index contributed by atoms with van der Waals surface area (Å²) in [7, 11) is 0. The predicted molar refractivity (Wildman–Crippen MR) is 58.8 cm³/mol. The lowest BCUT2D eigenvalue weighted by molar-refractivity contribution is 0.510. The van der Waals surface area contributed by atoms with Crippen LogP contribution in [-0.4, -0.2) is 4.98 Å². The van der Waals surface area contributed by atoms with Gasteiger partial charge in [-0.05, 0) is 24.1 Å². The quantitative estimate of drug-likeness (QED) is 0.607. The molecule has 0 saturated carbocycles. The van der Waals surface area contributed by atoms with Crippen LogP contribution < -0.4 is 11.3 Å². The molecule has 0 bridgehead atoms.